The fourth-order valence-electron chi connectivity index (χ4n) is 2.29. The van der Waals surface area contributed by atoms with E-state index >= 15 is 0 Å². The third-order valence-corrected chi connectivity index (χ3v) is 4.68. The van der Waals surface area contributed by atoms with Gasteiger partial charge in [-0.1, -0.05) is 6.07 Å². The Morgan fingerprint density at radius 1 is 1.36 bits per heavy atom. The Labute approximate surface area is 133 Å². The van der Waals surface area contributed by atoms with Gasteiger partial charge in [-0.2, -0.15) is 0 Å². The fraction of sp³-hybridized carbons (Fsp3) is 0.312. The molecule has 1 aliphatic rings. The summed E-state index contributed by atoms with van der Waals surface area (Å²) < 4.78 is 10.6. The SMILES string of the molecule is C[C@H](C(=O)Nc1ccc2c(c1)OCO2)[NH+](C)Cc1cccs1. The average Bonchev–Trinajstić information content (AvgIpc) is 3.16. The second-order valence-electron chi connectivity index (χ2n) is 5.38. The molecular formula is C16H19N2O3S+. The molecule has 0 bridgehead atoms. The molecule has 0 fully saturated rings. The zero-order chi connectivity index (χ0) is 15.5. The lowest BCUT2D eigenvalue weighted by Gasteiger charge is -2.20. The third kappa shape index (κ3) is 3.23. The van der Waals surface area contributed by atoms with Crippen LogP contribution in [0.5, 0.6) is 11.5 Å². The molecule has 2 heterocycles. The van der Waals surface area contributed by atoms with E-state index in [4.69, 9.17) is 9.47 Å². The van der Waals surface area contributed by atoms with Crippen LogP contribution < -0.4 is 19.7 Å². The Hall–Kier alpha value is -2.05. The van der Waals surface area contributed by atoms with Gasteiger partial charge in [-0.15, -0.1) is 11.3 Å². The zero-order valence-corrected chi connectivity index (χ0v) is 13.4. The van der Waals surface area contributed by atoms with Crippen LogP contribution in [0.4, 0.5) is 5.69 Å². The third-order valence-electron chi connectivity index (χ3n) is 3.81. The van der Waals surface area contributed by atoms with Gasteiger partial charge in [0.25, 0.3) is 5.91 Å². The summed E-state index contributed by atoms with van der Waals surface area (Å²) in [6, 6.07) is 9.41. The summed E-state index contributed by atoms with van der Waals surface area (Å²) in [5, 5.41) is 5.00. The lowest BCUT2D eigenvalue weighted by molar-refractivity contribution is -0.907. The van der Waals surface area contributed by atoms with Crippen LogP contribution >= 0.6 is 11.3 Å². The van der Waals surface area contributed by atoms with Crippen molar-refractivity contribution < 1.29 is 19.2 Å². The van der Waals surface area contributed by atoms with Gasteiger partial charge >= 0.3 is 0 Å². The molecule has 0 radical (unpaired) electrons. The lowest BCUT2D eigenvalue weighted by atomic mass is 10.2. The number of hydrogen-bond donors (Lipinski definition) is 2. The van der Waals surface area contributed by atoms with Gasteiger partial charge in [0.2, 0.25) is 6.79 Å². The predicted molar refractivity (Wildman–Crippen MR) is 85.6 cm³/mol. The van der Waals surface area contributed by atoms with Gasteiger partial charge in [-0.05, 0) is 30.5 Å². The molecular weight excluding hydrogens is 300 g/mol. The van der Waals surface area contributed by atoms with Crippen molar-refractivity contribution in [3.05, 3.63) is 40.6 Å². The summed E-state index contributed by atoms with van der Waals surface area (Å²) in [4.78, 5) is 14.8. The first kappa shape index (κ1) is 14.9. The van der Waals surface area contributed by atoms with E-state index in [0.717, 1.165) is 17.1 Å². The molecule has 3 rings (SSSR count). The molecule has 0 saturated heterocycles. The second-order valence-corrected chi connectivity index (χ2v) is 6.41. The normalized spacial score (nSPS) is 15.4. The van der Waals surface area contributed by atoms with Crippen LogP contribution in [-0.2, 0) is 11.3 Å². The van der Waals surface area contributed by atoms with Crippen molar-refractivity contribution in [2.45, 2.75) is 19.5 Å². The highest BCUT2D eigenvalue weighted by molar-refractivity contribution is 7.09. The number of fused-ring (bicyclic) bond motifs is 1. The van der Waals surface area contributed by atoms with E-state index in [0.29, 0.717) is 11.5 Å². The lowest BCUT2D eigenvalue weighted by Crippen LogP contribution is -3.12. The number of likely N-dealkylation sites (N-methyl/N-ethyl adjacent to an activating group) is 1. The molecule has 5 nitrogen and oxygen atoms in total. The van der Waals surface area contributed by atoms with Crippen molar-refractivity contribution in [3.8, 4) is 11.5 Å². The maximum atomic E-state index is 12.4. The Balaban J connectivity index is 1.61. The molecule has 1 aromatic heterocycles. The van der Waals surface area contributed by atoms with E-state index in [1.807, 2.05) is 32.2 Å². The molecule has 1 aromatic carbocycles. The monoisotopic (exact) mass is 319 g/mol. The number of amides is 1. The van der Waals surface area contributed by atoms with E-state index in [1.165, 1.54) is 4.88 Å². The molecule has 1 unspecified atom stereocenters. The summed E-state index contributed by atoms with van der Waals surface area (Å²) >= 11 is 1.71. The van der Waals surface area contributed by atoms with Gasteiger partial charge in [0.15, 0.2) is 17.5 Å². The number of nitrogens with one attached hydrogen (secondary N) is 2. The maximum absolute atomic E-state index is 12.4. The minimum Gasteiger partial charge on any atom is -0.454 e. The largest absolute Gasteiger partial charge is 0.454 e. The van der Waals surface area contributed by atoms with Crippen molar-refractivity contribution >= 4 is 22.9 Å². The highest BCUT2D eigenvalue weighted by Gasteiger charge is 2.23. The second kappa shape index (κ2) is 6.37. The first-order chi connectivity index (χ1) is 10.6. The smallest absolute Gasteiger partial charge is 0.282 e. The number of quaternary nitrogens is 1. The Bertz CT molecular complexity index is 657. The quantitative estimate of drug-likeness (QED) is 0.878. The number of benzene rings is 1. The molecule has 2 aromatic rings. The maximum Gasteiger partial charge on any atom is 0.282 e. The van der Waals surface area contributed by atoms with Crippen LogP contribution in [0.1, 0.15) is 11.8 Å². The number of hydrogen-bond acceptors (Lipinski definition) is 4. The number of carbonyl (C=O) groups is 1. The van der Waals surface area contributed by atoms with E-state index in [2.05, 4.69) is 16.8 Å². The van der Waals surface area contributed by atoms with Crippen LogP contribution in [0.15, 0.2) is 35.7 Å². The number of rotatable bonds is 5. The fourth-order valence-corrected chi connectivity index (χ4v) is 3.09. The van der Waals surface area contributed by atoms with E-state index in [1.54, 1.807) is 17.4 Å². The van der Waals surface area contributed by atoms with Crippen molar-refractivity contribution in [2.75, 3.05) is 19.2 Å². The standard InChI is InChI=1S/C16H18N2O3S/c1-11(18(2)9-13-4-3-7-22-13)16(19)17-12-5-6-14-15(8-12)21-10-20-14/h3-8,11H,9-10H2,1-2H3,(H,17,19)/p+1/t11-/m1/s1. The van der Waals surface area contributed by atoms with E-state index < -0.39 is 0 Å². The van der Waals surface area contributed by atoms with Gasteiger partial charge in [-0.25, -0.2) is 0 Å². The van der Waals surface area contributed by atoms with E-state index in [9.17, 15) is 4.79 Å². The van der Waals surface area contributed by atoms with Crippen molar-refractivity contribution in [3.63, 3.8) is 0 Å². The Morgan fingerprint density at radius 2 is 2.18 bits per heavy atom. The summed E-state index contributed by atoms with van der Waals surface area (Å²) in [5.74, 6) is 1.38. The molecule has 0 saturated carbocycles. The van der Waals surface area contributed by atoms with Gasteiger partial charge < -0.3 is 19.7 Å². The van der Waals surface area contributed by atoms with Crippen LogP contribution in [0.3, 0.4) is 0 Å². The summed E-state index contributed by atoms with van der Waals surface area (Å²) in [5.41, 5.74) is 0.727. The highest BCUT2D eigenvalue weighted by atomic mass is 32.1. The molecule has 0 aliphatic carbocycles. The molecule has 2 atom stereocenters. The molecule has 22 heavy (non-hydrogen) atoms. The van der Waals surface area contributed by atoms with Crippen LogP contribution in [-0.4, -0.2) is 25.8 Å². The van der Waals surface area contributed by atoms with Gasteiger partial charge in [0.05, 0.1) is 11.9 Å². The van der Waals surface area contributed by atoms with Crippen LogP contribution in [0.25, 0.3) is 0 Å². The predicted octanol–water partition coefficient (Wildman–Crippen LogP) is 1.52. The van der Waals surface area contributed by atoms with Gasteiger partial charge in [-0.3, -0.25) is 4.79 Å². The van der Waals surface area contributed by atoms with Crippen molar-refractivity contribution in [1.82, 2.24) is 0 Å². The average molecular weight is 319 g/mol. The molecule has 1 aliphatic heterocycles. The first-order valence-electron chi connectivity index (χ1n) is 7.18. The topological polar surface area (TPSA) is 52.0 Å². The van der Waals surface area contributed by atoms with Gasteiger partial charge in [0.1, 0.15) is 6.54 Å². The van der Waals surface area contributed by atoms with Gasteiger partial charge in [0, 0.05) is 11.8 Å². The molecule has 116 valence electrons. The van der Waals surface area contributed by atoms with Crippen molar-refractivity contribution in [2.24, 2.45) is 0 Å². The molecule has 0 spiro atoms. The Morgan fingerprint density at radius 3 is 2.95 bits per heavy atom. The minimum absolute atomic E-state index is 0.00655. The minimum atomic E-state index is -0.146. The van der Waals surface area contributed by atoms with Crippen LogP contribution in [0, 0.1) is 0 Å². The Kier molecular flexibility index (Phi) is 4.31. The zero-order valence-electron chi connectivity index (χ0n) is 12.6. The summed E-state index contributed by atoms with van der Waals surface area (Å²) in [6.45, 7) is 3.01. The summed E-state index contributed by atoms with van der Waals surface area (Å²) in [6.07, 6.45) is 0. The van der Waals surface area contributed by atoms with E-state index in [-0.39, 0.29) is 18.7 Å². The highest BCUT2D eigenvalue weighted by Crippen LogP contribution is 2.34. The molecule has 2 N–H and O–H groups in total. The molecule has 1 amide bonds. The number of thiophene rings is 1. The summed E-state index contributed by atoms with van der Waals surface area (Å²) in [7, 11) is 2.03. The molecule has 6 heteroatoms. The van der Waals surface area contributed by atoms with Crippen LogP contribution in [0.2, 0.25) is 0 Å². The van der Waals surface area contributed by atoms with Crippen molar-refractivity contribution in [1.29, 1.82) is 0 Å². The first-order valence-corrected chi connectivity index (χ1v) is 8.06. The number of ether oxygens (including phenoxy) is 2. The number of carbonyl (C=O) groups excluding carboxylic acids is 1. The number of anilines is 1.